The Labute approximate surface area is 197 Å². The van der Waals surface area contributed by atoms with Crippen LogP contribution in [-0.4, -0.2) is 52.3 Å². The number of sulfonamides is 2. The molecule has 0 aromatic heterocycles. The van der Waals surface area contributed by atoms with Crippen molar-refractivity contribution < 1.29 is 26.7 Å². The lowest BCUT2D eigenvalue weighted by atomic mass is 10.1. The quantitative estimate of drug-likeness (QED) is 0.415. The molecule has 0 fully saturated rings. The first-order valence-corrected chi connectivity index (χ1v) is 13.1. The molecule has 0 saturated heterocycles. The van der Waals surface area contributed by atoms with Crippen molar-refractivity contribution in [2.24, 2.45) is 0 Å². The third-order valence-corrected chi connectivity index (χ3v) is 9.71. The van der Waals surface area contributed by atoms with Crippen LogP contribution in [0, 0.1) is 0 Å². The van der Waals surface area contributed by atoms with Gasteiger partial charge in [-0.25, -0.2) is 16.8 Å². The third kappa shape index (κ3) is 4.11. The molecule has 0 heterocycles. The summed E-state index contributed by atoms with van der Waals surface area (Å²) in [6, 6.07) is 20.7. The first-order chi connectivity index (χ1) is 16.0. The summed E-state index contributed by atoms with van der Waals surface area (Å²) in [6.07, 6.45) is 0. The van der Waals surface area contributed by atoms with E-state index in [1.165, 1.54) is 24.3 Å². The zero-order valence-corrected chi connectivity index (χ0v) is 20.0. The molecule has 0 radical (unpaired) electrons. The summed E-state index contributed by atoms with van der Waals surface area (Å²) in [5, 5.41) is 11.7. The summed E-state index contributed by atoms with van der Waals surface area (Å²) in [4.78, 5) is 12.8. The summed E-state index contributed by atoms with van der Waals surface area (Å²) in [7, 11) is -5.91. The molecule has 0 aliphatic heterocycles. The highest BCUT2D eigenvalue weighted by molar-refractivity contribution is 8.04. The van der Waals surface area contributed by atoms with E-state index in [0.29, 0.717) is 10.8 Å². The van der Waals surface area contributed by atoms with Gasteiger partial charge in [0, 0.05) is 30.6 Å². The van der Waals surface area contributed by atoms with Gasteiger partial charge in [-0.1, -0.05) is 58.3 Å². The predicted molar refractivity (Wildman–Crippen MR) is 131 cm³/mol. The molecular weight excluding hydrogens is 476 g/mol. The molecule has 0 amide bonds. The molecule has 34 heavy (non-hydrogen) atoms. The summed E-state index contributed by atoms with van der Waals surface area (Å²) in [6.45, 7) is -1.25. The van der Waals surface area contributed by atoms with Gasteiger partial charge in [-0.05, 0) is 35.0 Å². The number of carboxylic acids is 1. The fourth-order valence-corrected chi connectivity index (χ4v) is 7.61. The van der Waals surface area contributed by atoms with Crippen molar-refractivity contribution in [2.75, 3.05) is 25.5 Å². The second kappa shape index (κ2) is 8.71. The van der Waals surface area contributed by atoms with Gasteiger partial charge in [-0.2, -0.15) is 0 Å². The average Bonchev–Trinajstić information content (AvgIpc) is 2.81. The van der Waals surface area contributed by atoms with Crippen molar-refractivity contribution in [3.8, 4) is 0 Å². The van der Waals surface area contributed by atoms with E-state index in [1.807, 2.05) is 0 Å². The molecule has 4 rings (SSSR count). The average molecular weight is 499 g/mol. The smallest absolute Gasteiger partial charge is 0.320 e. The standard InChI is InChI=1S/C24H22N2O6S2/c1-25(2)22-11-5-10-21-20(22)9-6-12-23(21)34(31,32)26(16-24(27)28)33(29,30)19-14-13-17-7-3-4-8-18(17)15-19/h3-15H,16H2,1-2H3,(H,27,28). The summed E-state index contributed by atoms with van der Waals surface area (Å²) >= 11 is 0. The Morgan fingerprint density at radius 2 is 1.41 bits per heavy atom. The van der Waals surface area contributed by atoms with E-state index in [9.17, 15) is 26.7 Å². The van der Waals surface area contributed by atoms with Gasteiger partial charge in [0.1, 0.15) is 6.54 Å². The van der Waals surface area contributed by atoms with Crippen LogP contribution < -0.4 is 4.90 Å². The van der Waals surface area contributed by atoms with Crippen LogP contribution in [0.2, 0.25) is 0 Å². The molecule has 8 nitrogen and oxygen atoms in total. The van der Waals surface area contributed by atoms with E-state index in [-0.39, 0.29) is 18.9 Å². The minimum Gasteiger partial charge on any atom is -0.480 e. The lowest BCUT2D eigenvalue weighted by molar-refractivity contribution is -0.136. The van der Waals surface area contributed by atoms with Gasteiger partial charge in [-0.15, -0.1) is 0 Å². The molecule has 0 saturated carbocycles. The number of nitrogens with zero attached hydrogens (tertiary/aromatic N) is 2. The van der Waals surface area contributed by atoms with Gasteiger partial charge < -0.3 is 10.0 Å². The van der Waals surface area contributed by atoms with Crippen molar-refractivity contribution in [3.63, 3.8) is 0 Å². The zero-order valence-electron chi connectivity index (χ0n) is 18.4. The van der Waals surface area contributed by atoms with Gasteiger partial charge in [0.2, 0.25) is 0 Å². The van der Waals surface area contributed by atoms with E-state index in [4.69, 9.17) is 0 Å². The van der Waals surface area contributed by atoms with E-state index in [0.717, 1.165) is 11.1 Å². The maximum atomic E-state index is 13.7. The molecule has 0 atom stereocenters. The van der Waals surface area contributed by atoms with E-state index in [1.54, 1.807) is 73.6 Å². The molecule has 0 aliphatic rings. The van der Waals surface area contributed by atoms with Gasteiger partial charge >= 0.3 is 5.97 Å². The fourth-order valence-electron chi connectivity index (χ4n) is 3.84. The molecule has 0 spiro atoms. The number of benzene rings is 4. The highest BCUT2D eigenvalue weighted by atomic mass is 32.3. The Hall–Kier alpha value is -3.47. The molecule has 0 unspecified atom stereocenters. The Bertz CT molecular complexity index is 1630. The second-order valence-corrected chi connectivity index (χ2v) is 11.8. The number of carbonyl (C=O) groups is 1. The van der Waals surface area contributed by atoms with Crippen LogP contribution in [0.25, 0.3) is 21.5 Å². The largest absolute Gasteiger partial charge is 0.480 e. The van der Waals surface area contributed by atoms with Crippen molar-refractivity contribution in [2.45, 2.75) is 9.79 Å². The van der Waals surface area contributed by atoms with Gasteiger partial charge in [0.05, 0.1) is 9.79 Å². The first-order valence-electron chi connectivity index (χ1n) is 10.2. The van der Waals surface area contributed by atoms with Crippen molar-refractivity contribution in [1.82, 2.24) is 3.71 Å². The van der Waals surface area contributed by atoms with Crippen LogP contribution in [-0.2, 0) is 24.8 Å². The zero-order chi connectivity index (χ0) is 24.7. The normalized spacial score (nSPS) is 12.3. The number of hydrogen-bond acceptors (Lipinski definition) is 6. The van der Waals surface area contributed by atoms with Crippen LogP contribution in [0.5, 0.6) is 0 Å². The molecule has 1 N–H and O–H groups in total. The molecule has 176 valence electrons. The Morgan fingerprint density at radius 1 is 0.765 bits per heavy atom. The maximum Gasteiger partial charge on any atom is 0.320 e. The third-order valence-electron chi connectivity index (χ3n) is 5.44. The minimum atomic E-state index is -4.78. The Balaban J connectivity index is 1.94. The Morgan fingerprint density at radius 3 is 2.09 bits per heavy atom. The molecule has 0 bridgehead atoms. The highest BCUT2D eigenvalue weighted by Gasteiger charge is 2.39. The maximum absolute atomic E-state index is 13.7. The van der Waals surface area contributed by atoms with E-state index < -0.39 is 32.6 Å². The number of aliphatic carboxylic acids is 1. The topological polar surface area (TPSA) is 112 Å². The highest BCUT2D eigenvalue weighted by Crippen LogP contribution is 2.34. The van der Waals surface area contributed by atoms with Crippen molar-refractivity contribution in [3.05, 3.63) is 78.9 Å². The monoisotopic (exact) mass is 498 g/mol. The summed E-state index contributed by atoms with van der Waals surface area (Å²) < 4.78 is 54.5. The lowest BCUT2D eigenvalue weighted by Crippen LogP contribution is -2.40. The van der Waals surface area contributed by atoms with Gasteiger partial charge in [0.15, 0.2) is 0 Å². The summed E-state index contributed by atoms with van der Waals surface area (Å²) in [5.41, 5.74) is 0.733. The number of rotatable bonds is 7. The molecule has 10 heteroatoms. The van der Waals surface area contributed by atoms with Gasteiger partial charge in [-0.3, -0.25) is 4.79 Å². The number of fused-ring (bicyclic) bond motifs is 2. The van der Waals surface area contributed by atoms with Crippen LogP contribution in [0.15, 0.2) is 88.7 Å². The minimum absolute atomic E-state index is 0.0591. The van der Waals surface area contributed by atoms with Crippen molar-refractivity contribution >= 4 is 53.2 Å². The van der Waals surface area contributed by atoms with Crippen LogP contribution in [0.3, 0.4) is 0 Å². The second-order valence-electron chi connectivity index (χ2n) is 7.87. The summed E-state index contributed by atoms with van der Waals surface area (Å²) in [5.74, 6) is -1.60. The van der Waals surface area contributed by atoms with Crippen LogP contribution in [0.4, 0.5) is 5.69 Å². The van der Waals surface area contributed by atoms with Gasteiger partial charge in [0.25, 0.3) is 20.0 Å². The van der Waals surface area contributed by atoms with Crippen molar-refractivity contribution in [1.29, 1.82) is 0 Å². The molecule has 4 aromatic carbocycles. The van der Waals surface area contributed by atoms with E-state index >= 15 is 0 Å². The molecule has 4 aromatic rings. The van der Waals surface area contributed by atoms with E-state index in [2.05, 4.69) is 0 Å². The number of carboxylic acid groups (broad SMARTS) is 1. The number of anilines is 1. The first kappa shape index (κ1) is 23.7. The lowest BCUT2D eigenvalue weighted by Gasteiger charge is -2.22. The SMILES string of the molecule is CN(C)c1cccc2c(S(=O)(=O)N(CC(=O)O)S(=O)(=O)c3ccc4ccccc4c3)cccc12. The number of hydrogen-bond donors (Lipinski definition) is 1. The van der Waals surface area contributed by atoms with Crippen LogP contribution >= 0.6 is 0 Å². The van der Waals surface area contributed by atoms with Crippen LogP contribution in [0.1, 0.15) is 0 Å². The molecule has 0 aliphatic carbocycles. The molecular formula is C24H22N2O6S2. The predicted octanol–water partition coefficient (Wildman–Crippen LogP) is 3.52. The fraction of sp³-hybridized carbons (Fsp3) is 0.125. The Kier molecular flexibility index (Phi) is 6.07.